The quantitative estimate of drug-likeness (QED) is 0.330. The van der Waals surface area contributed by atoms with Crippen LogP contribution in [0.1, 0.15) is 19.3 Å². The van der Waals surface area contributed by atoms with E-state index in [-0.39, 0.29) is 5.92 Å². The van der Waals surface area contributed by atoms with Gasteiger partial charge >= 0.3 is 5.97 Å². The lowest BCUT2D eigenvalue weighted by atomic mass is 9.97. The van der Waals surface area contributed by atoms with Gasteiger partial charge in [-0.3, -0.25) is 4.79 Å². The highest BCUT2D eigenvalue weighted by Crippen LogP contribution is 2.10. The number of esters is 1. The van der Waals surface area contributed by atoms with Crippen LogP contribution in [0.4, 0.5) is 0 Å². The van der Waals surface area contributed by atoms with Crippen molar-refractivity contribution in [2.75, 3.05) is 20.7 Å². The van der Waals surface area contributed by atoms with Crippen molar-refractivity contribution in [2.24, 2.45) is 11.7 Å². The molecule has 0 aromatic carbocycles. The summed E-state index contributed by atoms with van der Waals surface area (Å²) in [6, 6.07) is -0.695. The van der Waals surface area contributed by atoms with Gasteiger partial charge in [0.05, 0.1) is 7.11 Å². The van der Waals surface area contributed by atoms with Gasteiger partial charge in [0.1, 0.15) is 12.3 Å². The van der Waals surface area contributed by atoms with E-state index in [9.17, 15) is 9.59 Å². The molecule has 15 heavy (non-hydrogen) atoms. The maximum absolute atomic E-state index is 11.0. The number of carbonyl (C=O) groups is 2. The largest absolute Gasteiger partial charge is 0.468 e. The SMILES string of the molecule is CNCCCC(C=O)CC(N)C(=O)OC. The van der Waals surface area contributed by atoms with Crippen LogP contribution in [0.2, 0.25) is 0 Å². The van der Waals surface area contributed by atoms with Crippen molar-refractivity contribution in [3.63, 3.8) is 0 Å². The number of aldehydes is 1. The second-order valence-electron chi connectivity index (χ2n) is 3.51. The topological polar surface area (TPSA) is 81.4 Å². The van der Waals surface area contributed by atoms with Crippen molar-refractivity contribution in [3.05, 3.63) is 0 Å². The lowest BCUT2D eigenvalue weighted by molar-refractivity contribution is -0.142. The van der Waals surface area contributed by atoms with Crippen LogP contribution in [0.25, 0.3) is 0 Å². The Labute approximate surface area is 90.4 Å². The van der Waals surface area contributed by atoms with E-state index in [0.717, 1.165) is 25.7 Å². The fourth-order valence-electron chi connectivity index (χ4n) is 1.36. The third-order valence-electron chi connectivity index (χ3n) is 2.25. The van der Waals surface area contributed by atoms with Crippen LogP contribution in [0.15, 0.2) is 0 Å². The molecular formula is C10H20N2O3. The zero-order valence-corrected chi connectivity index (χ0v) is 9.36. The maximum atomic E-state index is 11.0. The summed E-state index contributed by atoms with van der Waals surface area (Å²) in [6.45, 7) is 0.859. The van der Waals surface area contributed by atoms with Gasteiger partial charge in [-0.05, 0) is 32.9 Å². The van der Waals surface area contributed by atoms with Crippen LogP contribution in [0.5, 0.6) is 0 Å². The van der Waals surface area contributed by atoms with Crippen molar-refractivity contribution >= 4 is 12.3 Å². The Hall–Kier alpha value is -0.940. The van der Waals surface area contributed by atoms with Gasteiger partial charge in [0.15, 0.2) is 0 Å². The molecule has 0 aliphatic carbocycles. The number of ether oxygens (including phenoxy) is 1. The van der Waals surface area contributed by atoms with Gasteiger partial charge in [0, 0.05) is 5.92 Å². The molecule has 0 aromatic heterocycles. The molecule has 0 aliphatic heterocycles. The Balaban J connectivity index is 3.87. The number of nitrogens with one attached hydrogen (secondary N) is 1. The smallest absolute Gasteiger partial charge is 0.322 e. The molecule has 0 heterocycles. The standard InChI is InChI=1S/C10H20N2O3/c1-12-5-3-4-8(7-13)6-9(11)10(14)15-2/h7-9,12H,3-6,11H2,1-2H3. The molecule has 0 bridgehead atoms. The summed E-state index contributed by atoms with van der Waals surface area (Å²) >= 11 is 0. The zero-order chi connectivity index (χ0) is 11.7. The number of rotatable bonds is 8. The van der Waals surface area contributed by atoms with Crippen molar-refractivity contribution < 1.29 is 14.3 Å². The molecule has 0 aliphatic rings. The Morgan fingerprint density at radius 2 is 2.27 bits per heavy atom. The highest BCUT2D eigenvalue weighted by atomic mass is 16.5. The molecule has 0 radical (unpaired) electrons. The number of hydrogen-bond donors (Lipinski definition) is 2. The summed E-state index contributed by atoms with van der Waals surface area (Å²) in [7, 11) is 3.15. The highest BCUT2D eigenvalue weighted by molar-refractivity contribution is 5.75. The van der Waals surface area contributed by atoms with Gasteiger partial charge in [-0.15, -0.1) is 0 Å². The first-order valence-corrected chi connectivity index (χ1v) is 5.09. The molecule has 0 aromatic rings. The first kappa shape index (κ1) is 14.1. The Bertz CT molecular complexity index is 197. The predicted molar refractivity (Wildman–Crippen MR) is 57.3 cm³/mol. The lowest BCUT2D eigenvalue weighted by Gasteiger charge is -2.14. The van der Waals surface area contributed by atoms with Gasteiger partial charge in [0.25, 0.3) is 0 Å². The van der Waals surface area contributed by atoms with Crippen LogP contribution >= 0.6 is 0 Å². The molecule has 5 heteroatoms. The van der Waals surface area contributed by atoms with Crippen LogP contribution in [-0.4, -0.2) is 39.0 Å². The average Bonchev–Trinajstić information content (AvgIpc) is 2.26. The van der Waals surface area contributed by atoms with Gasteiger partial charge in [-0.2, -0.15) is 0 Å². The fraction of sp³-hybridized carbons (Fsp3) is 0.800. The van der Waals surface area contributed by atoms with Crippen molar-refractivity contribution in [3.8, 4) is 0 Å². The number of nitrogens with two attached hydrogens (primary N) is 1. The van der Waals surface area contributed by atoms with Crippen molar-refractivity contribution in [1.29, 1.82) is 0 Å². The van der Waals surface area contributed by atoms with E-state index < -0.39 is 12.0 Å². The van der Waals surface area contributed by atoms with E-state index in [1.54, 1.807) is 0 Å². The maximum Gasteiger partial charge on any atom is 0.322 e. The van der Waals surface area contributed by atoms with E-state index in [1.807, 2.05) is 7.05 Å². The fourth-order valence-corrected chi connectivity index (χ4v) is 1.36. The van der Waals surface area contributed by atoms with Gasteiger partial charge in [-0.25, -0.2) is 0 Å². The van der Waals surface area contributed by atoms with E-state index in [0.29, 0.717) is 6.42 Å². The van der Waals surface area contributed by atoms with E-state index in [1.165, 1.54) is 7.11 Å². The van der Waals surface area contributed by atoms with Gasteiger partial charge in [-0.1, -0.05) is 0 Å². The minimum absolute atomic E-state index is 0.160. The van der Waals surface area contributed by atoms with E-state index >= 15 is 0 Å². The summed E-state index contributed by atoms with van der Waals surface area (Å²) in [6.07, 6.45) is 2.86. The summed E-state index contributed by atoms with van der Waals surface area (Å²) in [5.74, 6) is -0.622. The third kappa shape index (κ3) is 6.19. The molecule has 0 rings (SSSR count). The Morgan fingerprint density at radius 1 is 1.60 bits per heavy atom. The normalized spacial score (nSPS) is 14.3. The molecule has 5 nitrogen and oxygen atoms in total. The summed E-state index contributed by atoms with van der Waals surface area (Å²) < 4.78 is 4.49. The second kappa shape index (κ2) is 8.38. The molecule has 88 valence electrons. The highest BCUT2D eigenvalue weighted by Gasteiger charge is 2.19. The van der Waals surface area contributed by atoms with E-state index in [2.05, 4.69) is 10.1 Å². The molecule has 0 spiro atoms. The number of methoxy groups -OCH3 is 1. The summed E-state index contributed by atoms with van der Waals surface area (Å²) in [4.78, 5) is 21.7. The van der Waals surface area contributed by atoms with E-state index in [4.69, 9.17) is 5.73 Å². The van der Waals surface area contributed by atoms with Crippen LogP contribution in [0.3, 0.4) is 0 Å². The number of carbonyl (C=O) groups excluding carboxylic acids is 2. The number of hydrogen-bond acceptors (Lipinski definition) is 5. The predicted octanol–water partition coefficient (Wildman–Crippen LogP) is -0.308. The van der Waals surface area contributed by atoms with Crippen molar-refractivity contribution in [1.82, 2.24) is 5.32 Å². The molecule has 3 N–H and O–H groups in total. The van der Waals surface area contributed by atoms with Gasteiger partial charge < -0.3 is 20.6 Å². The molecule has 0 saturated carbocycles. The zero-order valence-electron chi connectivity index (χ0n) is 9.36. The Morgan fingerprint density at radius 3 is 2.73 bits per heavy atom. The van der Waals surface area contributed by atoms with Gasteiger partial charge in [0.2, 0.25) is 0 Å². The van der Waals surface area contributed by atoms with Crippen molar-refractivity contribution in [2.45, 2.75) is 25.3 Å². The molecule has 2 atom stereocenters. The van der Waals surface area contributed by atoms with Crippen LogP contribution < -0.4 is 11.1 Å². The second-order valence-corrected chi connectivity index (χ2v) is 3.51. The lowest BCUT2D eigenvalue weighted by Crippen LogP contribution is -2.34. The first-order valence-electron chi connectivity index (χ1n) is 5.09. The van der Waals surface area contributed by atoms with Crippen LogP contribution in [-0.2, 0) is 14.3 Å². The average molecular weight is 216 g/mol. The molecule has 2 unspecified atom stereocenters. The Kier molecular flexibility index (Phi) is 7.85. The third-order valence-corrected chi connectivity index (χ3v) is 2.25. The minimum atomic E-state index is -0.695. The summed E-state index contributed by atoms with van der Waals surface area (Å²) in [5.41, 5.74) is 5.56. The molecule has 0 saturated heterocycles. The van der Waals surface area contributed by atoms with Crippen LogP contribution in [0, 0.1) is 5.92 Å². The molecular weight excluding hydrogens is 196 g/mol. The molecule has 0 amide bonds. The minimum Gasteiger partial charge on any atom is -0.468 e. The molecule has 0 fully saturated rings. The monoisotopic (exact) mass is 216 g/mol. The first-order chi connectivity index (χ1) is 7.15. The summed E-state index contributed by atoms with van der Waals surface area (Å²) in [5, 5.41) is 3.00.